The molecule has 1 amide bonds. The monoisotopic (exact) mass is 405 g/mol. The Kier molecular flexibility index (Phi) is 4.03. The van der Waals surface area contributed by atoms with E-state index in [9.17, 15) is 14.7 Å². The minimum absolute atomic E-state index is 0.0123. The molecule has 1 aliphatic carbocycles. The summed E-state index contributed by atoms with van der Waals surface area (Å²) in [6.45, 7) is 4.13. The van der Waals surface area contributed by atoms with Crippen LogP contribution in [-0.4, -0.2) is 36.7 Å². The summed E-state index contributed by atoms with van der Waals surface area (Å²) in [6, 6.07) is 11.7. The molecule has 0 radical (unpaired) electrons. The molecular formula is C24H27N3O3. The number of nitrogens with zero attached hydrogens (tertiary/aromatic N) is 3. The number of imidazole rings is 1. The molecule has 5 rings (SSSR count). The lowest BCUT2D eigenvalue weighted by molar-refractivity contribution is -0.0224. The van der Waals surface area contributed by atoms with Crippen molar-refractivity contribution >= 4 is 16.9 Å². The Labute approximate surface area is 175 Å². The summed E-state index contributed by atoms with van der Waals surface area (Å²) in [7, 11) is 3.53. The van der Waals surface area contributed by atoms with Gasteiger partial charge in [-0.05, 0) is 61.4 Å². The zero-order valence-electron chi connectivity index (χ0n) is 17.8. The summed E-state index contributed by atoms with van der Waals surface area (Å²) in [5.41, 5.74) is 4.20. The average Bonchev–Trinajstić information content (AvgIpc) is 3.44. The molecule has 0 spiro atoms. The molecule has 1 aromatic heterocycles. The number of hydrogen-bond donors (Lipinski definition) is 1. The molecule has 2 heterocycles. The standard InChI is InChI=1S/C24H27N3O3/c1-24(2,30)21(14-8-9-14)27-13-16-6-5-7-17(20(16)22(27)28)15-10-11-18-19(12-15)26(4)23(29)25(18)3/h5-7,10-12,14,21,30H,8-9,13H2,1-4H3. The number of amides is 1. The molecule has 6 nitrogen and oxygen atoms in total. The maximum Gasteiger partial charge on any atom is 0.328 e. The van der Waals surface area contributed by atoms with E-state index >= 15 is 0 Å². The Balaban J connectivity index is 1.61. The van der Waals surface area contributed by atoms with E-state index in [0.29, 0.717) is 18.0 Å². The zero-order valence-corrected chi connectivity index (χ0v) is 17.8. The fourth-order valence-electron chi connectivity index (χ4n) is 5.15. The molecule has 1 aliphatic heterocycles. The minimum Gasteiger partial charge on any atom is -0.388 e. The molecule has 1 atom stereocenters. The van der Waals surface area contributed by atoms with Gasteiger partial charge >= 0.3 is 5.69 Å². The molecule has 1 fully saturated rings. The number of fused-ring (bicyclic) bond motifs is 2. The van der Waals surface area contributed by atoms with E-state index in [1.165, 1.54) is 0 Å². The first-order chi connectivity index (χ1) is 14.2. The van der Waals surface area contributed by atoms with Crippen molar-refractivity contribution < 1.29 is 9.90 Å². The van der Waals surface area contributed by atoms with Gasteiger partial charge in [0, 0.05) is 20.6 Å². The summed E-state index contributed by atoms with van der Waals surface area (Å²) < 4.78 is 3.26. The highest BCUT2D eigenvalue weighted by atomic mass is 16.3. The zero-order chi connectivity index (χ0) is 21.4. The van der Waals surface area contributed by atoms with Crippen molar-refractivity contribution in [2.75, 3.05) is 0 Å². The molecule has 6 heteroatoms. The number of aromatic nitrogens is 2. The third-order valence-electron chi connectivity index (χ3n) is 6.68. The maximum absolute atomic E-state index is 13.6. The van der Waals surface area contributed by atoms with Crippen molar-refractivity contribution in [3.63, 3.8) is 0 Å². The predicted octanol–water partition coefficient (Wildman–Crippen LogP) is 3.05. The van der Waals surface area contributed by atoms with Crippen LogP contribution in [0.25, 0.3) is 22.2 Å². The van der Waals surface area contributed by atoms with E-state index in [4.69, 9.17) is 0 Å². The molecule has 30 heavy (non-hydrogen) atoms. The van der Waals surface area contributed by atoms with E-state index < -0.39 is 5.60 Å². The fraction of sp³-hybridized carbons (Fsp3) is 0.417. The van der Waals surface area contributed by atoms with Crippen LogP contribution in [-0.2, 0) is 20.6 Å². The molecule has 0 bridgehead atoms. The molecular weight excluding hydrogens is 378 g/mol. The lowest BCUT2D eigenvalue weighted by Gasteiger charge is -2.37. The van der Waals surface area contributed by atoms with Gasteiger partial charge in [0.05, 0.1) is 28.2 Å². The topological polar surface area (TPSA) is 67.5 Å². The molecule has 1 N–H and O–H groups in total. The number of aryl methyl sites for hydroxylation is 2. The number of carbonyl (C=O) groups is 1. The van der Waals surface area contributed by atoms with Gasteiger partial charge in [-0.3, -0.25) is 13.9 Å². The molecule has 2 aliphatic rings. The molecule has 3 aromatic rings. The number of carbonyl (C=O) groups excluding carboxylic acids is 1. The van der Waals surface area contributed by atoms with Crippen molar-refractivity contribution in [1.82, 2.24) is 14.0 Å². The first-order valence-corrected chi connectivity index (χ1v) is 10.5. The van der Waals surface area contributed by atoms with E-state index in [2.05, 4.69) is 0 Å². The van der Waals surface area contributed by atoms with Crippen LogP contribution in [0.2, 0.25) is 0 Å². The van der Waals surface area contributed by atoms with Crippen LogP contribution < -0.4 is 5.69 Å². The molecule has 2 aromatic carbocycles. The van der Waals surface area contributed by atoms with Crippen LogP contribution in [0, 0.1) is 5.92 Å². The van der Waals surface area contributed by atoms with Crippen LogP contribution >= 0.6 is 0 Å². The highest BCUT2D eigenvalue weighted by molar-refractivity contribution is 6.05. The highest BCUT2D eigenvalue weighted by Gasteiger charge is 2.48. The highest BCUT2D eigenvalue weighted by Crippen LogP contribution is 2.44. The number of rotatable bonds is 4. The van der Waals surface area contributed by atoms with Crippen molar-refractivity contribution in [3.05, 3.63) is 58.0 Å². The summed E-state index contributed by atoms with van der Waals surface area (Å²) in [5.74, 6) is 0.351. The summed E-state index contributed by atoms with van der Waals surface area (Å²) in [4.78, 5) is 27.7. The molecule has 0 saturated heterocycles. The van der Waals surface area contributed by atoms with Gasteiger partial charge in [-0.15, -0.1) is 0 Å². The van der Waals surface area contributed by atoms with Crippen molar-refractivity contribution in [1.29, 1.82) is 0 Å². The van der Waals surface area contributed by atoms with Gasteiger partial charge in [0.1, 0.15) is 0 Å². The van der Waals surface area contributed by atoms with Crippen LogP contribution in [0.1, 0.15) is 42.6 Å². The van der Waals surface area contributed by atoms with E-state index in [1.807, 2.05) is 41.3 Å². The van der Waals surface area contributed by atoms with Gasteiger partial charge in [-0.1, -0.05) is 24.3 Å². The lowest BCUT2D eigenvalue weighted by atomic mass is 9.92. The van der Waals surface area contributed by atoms with E-state index in [-0.39, 0.29) is 17.6 Å². The van der Waals surface area contributed by atoms with Crippen molar-refractivity contribution in [2.24, 2.45) is 20.0 Å². The third-order valence-corrected chi connectivity index (χ3v) is 6.68. The van der Waals surface area contributed by atoms with Crippen LogP contribution in [0.15, 0.2) is 41.2 Å². The predicted molar refractivity (Wildman–Crippen MR) is 116 cm³/mol. The Morgan fingerprint density at radius 3 is 2.40 bits per heavy atom. The Morgan fingerprint density at radius 1 is 1.03 bits per heavy atom. The van der Waals surface area contributed by atoms with E-state index in [0.717, 1.165) is 40.6 Å². The van der Waals surface area contributed by atoms with Crippen LogP contribution in [0.4, 0.5) is 0 Å². The Morgan fingerprint density at radius 2 is 1.73 bits per heavy atom. The molecule has 156 valence electrons. The summed E-state index contributed by atoms with van der Waals surface area (Å²) in [5, 5.41) is 10.8. The van der Waals surface area contributed by atoms with Gasteiger partial charge in [-0.25, -0.2) is 4.79 Å². The second kappa shape index (κ2) is 6.32. The second-order valence-corrected chi connectivity index (χ2v) is 9.31. The van der Waals surface area contributed by atoms with Crippen molar-refractivity contribution in [3.8, 4) is 11.1 Å². The van der Waals surface area contributed by atoms with E-state index in [1.54, 1.807) is 37.1 Å². The number of hydrogen-bond acceptors (Lipinski definition) is 3. The number of benzene rings is 2. The van der Waals surface area contributed by atoms with Crippen LogP contribution in [0.5, 0.6) is 0 Å². The first kappa shape index (κ1) is 19.1. The largest absolute Gasteiger partial charge is 0.388 e. The van der Waals surface area contributed by atoms with Gasteiger partial charge < -0.3 is 10.0 Å². The SMILES string of the molecule is Cn1c(=O)n(C)c2cc(-c3cccc4c3C(=O)N(C(C3CC3)C(C)(C)O)C4)ccc21. The van der Waals surface area contributed by atoms with Gasteiger partial charge in [0.25, 0.3) is 5.91 Å². The summed E-state index contributed by atoms with van der Waals surface area (Å²) in [6.07, 6.45) is 2.11. The quantitative estimate of drug-likeness (QED) is 0.726. The Hall–Kier alpha value is -2.86. The summed E-state index contributed by atoms with van der Waals surface area (Å²) >= 11 is 0. The average molecular weight is 405 g/mol. The minimum atomic E-state index is -0.944. The fourth-order valence-corrected chi connectivity index (χ4v) is 5.15. The third kappa shape index (κ3) is 2.74. The van der Waals surface area contributed by atoms with Gasteiger partial charge in [0.2, 0.25) is 0 Å². The van der Waals surface area contributed by atoms with Gasteiger partial charge in [-0.2, -0.15) is 0 Å². The molecule has 1 unspecified atom stereocenters. The van der Waals surface area contributed by atoms with Crippen LogP contribution in [0.3, 0.4) is 0 Å². The Bertz CT molecular complexity index is 1240. The lowest BCUT2D eigenvalue weighted by Crippen LogP contribution is -2.51. The van der Waals surface area contributed by atoms with Crippen molar-refractivity contribution in [2.45, 2.75) is 44.9 Å². The van der Waals surface area contributed by atoms with Gasteiger partial charge in [0.15, 0.2) is 0 Å². The second-order valence-electron chi connectivity index (χ2n) is 9.31. The smallest absolute Gasteiger partial charge is 0.328 e. The number of aliphatic hydroxyl groups is 1. The first-order valence-electron chi connectivity index (χ1n) is 10.5. The maximum atomic E-state index is 13.6. The molecule has 1 saturated carbocycles. The normalized spacial score (nSPS) is 17.6.